The summed E-state index contributed by atoms with van der Waals surface area (Å²) in [6.45, 7) is 0. The minimum atomic E-state index is -4.90. The number of alkyl halides is 3. The van der Waals surface area contributed by atoms with Crippen LogP contribution in [-0.2, 0) is 9.59 Å². The predicted octanol–water partition coefficient (Wildman–Crippen LogP) is 2.12. The molecule has 1 heterocycles. The van der Waals surface area contributed by atoms with Crippen molar-refractivity contribution in [3.05, 3.63) is 23.0 Å². The lowest BCUT2D eigenvalue weighted by Gasteiger charge is -2.09. The Morgan fingerprint density at radius 2 is 1.67 bits per heavy atom. The number of hydrogen-bond donors (Lipinski definition) is 1. The van der Waals surface area contributed by atoms with Crippen molar-refractivity contribution in [1.29, 1.82) is 0 Å². The third-order valence-electron chi connectivity index (χ3n) is 1.70. The Labute approximate surface area is 87.2 Å². The molecular weight excluding hydrogens is 229 g/mol. The van der Waals surface area contributed by atoms with Crippen molar-refractivity contribution in [2.45, 2.75) is 12.6 Å². The fourth-order valence-corrected chi connectivity index (χ4v) is 2.48. The van der Waals surface area contributed by atoms with Gasteiger partial charge in [-0.3, -0.25) is 9.59 Å². The van der Waals surface area contributed by atoms with E-state index in [9.17, 15) is 22.8 Å². The maximum absolute atomic E-state index is 11.8. The lowest BCUT2D eigenvalue weighted by Crippen LogP contribution is -2.26. The molecule has 0 N–H and O–H groups in total. The van der Waals surface area contributed by atoms with Gasteiger partial charge < -0.3 is 0 Å². The van der Waals surface area contributed by atoms with E-state index in [-0.39, 0.29) is 5.75 Å². The van der Waals surface area contributed by atoms with Crippen molar-refractivity contribution in [2.75, 3.05) is 5.75 Å². The fraction of sp³-hybridized carbons (Fsp3) is 0.333. The normalized spacial score (nSPS) is 17.1. The molecule has 0 radical (unpaired) electrons. The summed E-state index contributed by atoms with van der Waals surface area (Å²) in [6.07, 6.45) is -2.45. The topological polar surface area (TPSA) is 34.1 Å². The Morgan fingerprint density at radius 1 is 1.13 bits per heavy atom. The van der Waals surface area contributed by atoms with Crippen LogP contribution >= 0.6 is 10.9 Å². The highest BCUT2D eigenvalue weighted by Gasteiger charge is 2.38. The summed E-state index contributed by atoms with van der Waals surface area (Å²) in [5, 5.41) is 3.54. The highest BCUT2D eigenvalue weighted by atomic mass is 32.2. The van der Waals surface area contributed by atoms with Crippen LogP contribution in [0.5, 0.6) is 0 Å². The number of carbonyl (C=O) groups is 2. The molecule has 1 aliphatic rings. The van der Waals surface area contributed by atoms with Gasteiger partial charge >= 0.3 is 6.18 Å². The van der Waals surface area contributed by atoms with Crippen molar-refractivity contribution < 1.29 is 22.8 Å². The number of thiol groups is 1. The van der Waals surface area contributed by atoms with E-state index in [0.29, 0.717) is 0 Å². The summed E-state index contributed by atoms with van der Waals surface area (Å²) in [7, 11) is -0.781. The Bertz CT molecular complexity index is 319. The van der Waals surface area contributed by atoms with E-state index in [1.165, 1.54) is 0 Å². The van der Waals surface area contributed by atoms with E-state index in [4.69, 9.17) is 0 Å². The number of Topliss-reactive ketones (excluding diaryl/α,β-unsaturated/α-hetero) is 2. The average Bonchev–Trinajstić information content (AvgIpc) is 2.54. The molecule has 2 nitrogen and oxygen atoms in total. The van der Waals surface area contributed by atoms with Gasteiger partial charge in [0.15, 0.2) is 0 Å². The van der Waals surface area contributed by atoms with E-state index in [1.807, 2.05) is 0 Å². The molecule has 0 spiro atoms. The fourth-order valence-electron chi connectivity index (χ4n) is 1.01. The van der Waals surface area contributed by atoms with Crippen LogP contribution in [0.4, 0.5) is 13.2 Å². The lowest BCUT2D eigenvalue weighted by molar-refractivity contribution is -0.171. The first-order valence-corrected chi connectivity index (χ1v) is 5.78. The van der Waals surface area contributed by atoms with Gasteiger partial charge in [0.1, 0.15) is 5.78 Å². The van der Waals surface area contributed by atoms with Gasteiger partial charge in [-0.15, -0.1) is 0 Å². The second kappa shape index (κ2) is 4.65. The SMILES string of the molecule is O=C(CC(=O)C(F)(F)F)C[SH]1C=CC=C1. The maximum Gasteiger partial charge on any atom is 0.450 e. The molecular formula is C9H9F3O2S. The Hall–Kier alpha value is -1.04. The smallest absolute Gasteiger partial charge is 0.298 e. The Balaban J connectivity index is 2.39. The van der Waals surface area contributed by atoms with Crippen LogP contribution in [0.25, 0.3) is 0 Å². The van der Waals surface area contributed by atoms with Gasteiger partial charge in [-0.25, -0.2) is 10.9 Å². The third-order valence-corrected chi connectivity index (χ3v) is 3.53. The van der Waals surface area contributed by atoms with Crippen LogP contribution in [0.15, 0.2) is 23.0 Å². The van der Waals surface area contributed by atoms with Gasteiger partial charge in [0.2, 0.25) is 5.78 Å². The highest BCUT2D eigenvalue weighted by molar-refractivity contribution is 8.22. The molecule has 6 heteroatoms. The number of allylic oxidation sites excluding steroid dienone is 2. The Kier molecular flexibility index (Phi) is 3.73. The number of carbonyl (C=O) groups excluding carboxylic acids is 2. The second-order valence-electron chi connectivity index (χ2n) is 2.99. The summed E-state index contributed by atoms with van der Waals surface area (Å²) < 4.78 is 35.4. The molecule has 1 aliphatic heterocycles. The minimum Gasteiger partial charge on any atom is -0.298 e. The number of ketones is 2. The summed E-state index contributed by atoms with van der Waals surface area (Å²) in [6, 6.07) is 0. The molecule has 0 atom stereocenters. The van der Waals surface area contributed by atoms with Crippen LogP contribution in [0, 0.1) is 0 Å². The van der Waals surface area contributed by atoms with Gasteiger partial charge in [-0.05, 0) is 10.8 Å². The maximum atomic E-state index is 11.8. The van der Waals surface area contributed by atoms with E-state index >= 15 is 0 Å². The summed E-state index contributed by atoms with van der Waals surface area (Å²) >= 11 is 0. The molecule has 0 aromatic rings. The summed E-state index contributed by atoms with van der Waals surface area (Å²) in [4.78, 5) is 21.6. The zero-order valence-electron chi connectivity index (χ0n) is 7.62. The number of hydrogen-bond acceptors (Lipinski definition) is 2. The molecule has 0 unspecified atom stereocenters. The van der Waals surface area contributed by atoms with Gasteiger partial charge in [0.05, 0.1) is 6.42 Å². The molecule has 15 heavy (non-hydrogen) atoms. The highest BCUT2D eigenvalue weighted by Crippen LogP contribution is 2.32. The van der Waals surface area contributed by atoms with Crippen molar-refractivity contribution >= 4 is 22.5 Å². The van der Waals surface area contributed by atoms with Gasteiger partial charge in [-0.1, -0.05) is 12.2 Å². The molecule has 0 fully saturated rings. The predicted molar refractivity (Wildman–Crippen MR) is 52.8 cm³/mol. The van der Waals surface area contributed by atoms with E-state index in [1.54, 1.807) is 23.0 Å². The third kappa shape index (κ3) is 3.91. The second-order valence-corrected chi connectivity index (χ2v) is 4.93. The molecule has 0 amide bonds. The molecule has 0 bridgehead atoms. The first kappa shape index (κ1) is 12.0. The average molecular weight is 238 g/mol. The van der Waals surface area contributed by atoms with Crippen LogP contribution < -0.4 is 0 Å². The molecule has 0 aliphatic carbocycles. The zero-order chi connectivity index (χ0) is 11.5. The lowest BCUT2D eigenvalue weighted by atomic mass is 10.2. The Morgan fingerprint density at radius 3 is 2.13 bits per heavy atom. The molecule has 0 aromatic carbocycles. The van der Waals surface area contributed by atoms with Crippen molar-refractivity contribution in [1.82, 2.24) is 0 Å². The molecule has 1 rings (SSSR count). The first-order valence-electron chi connectivity index (χ1n) is 4.12. The minimum absolute atomic E-state index is 0.0180. The van der Waals surface area contributed by atoms with Crippen LogP contribution in [-0.4, -0.2) is 23.5 Å². The van der Waals surface area contributed by atoms with Crippen molar-refractivity contribution in [3.8, 4) is 0 Å². The van der Waals surface area contributed by atoms with E-state index in [0.717, 1.165) is 0 Å². The largest absolute Gasteiger partial charge is 0.450 e. The van der Waals surface area contributed by atoms with E-state index < -0.39 is 35.1 Å². The quantitative estimate of drug-likeness (QED) is 0.601. The standard InChI is InChI=1S/C9H9F3O2S/c10-9(11,12)8(14)5-7(13)6-15-3-1-2-4-15/h1-4,15H,5-6H2. The zero-order valence-corrected chi connectivity index (χ0v) is 8.52. The van der Waals surface area contributed by atoms with Gasteiger partial charge in [0, 0.05) is 5.75 Å². The molecule has 0 saturated heterocycles. The van der Waals surface area contributed by atoms with Crippen molar-refractivity contribution in [3.63, 3.8) is 0 Å². The van der Waals surface area contributed by atoms with Crippen LogP contribution in [0.2, 0.25) is 0 Å². The van der Waals surface area contributed by atoms with Crippen LogP contribution in [0.3, 0.4) is 0 Å². The summed E-state index contributed by atoms with van der Waals surface area (Å²) in [5.41, 5.74) is 0. The summed E-state index contributed by atoms with van der Waals surface area (Å²) in [5.74, 6) is -2.60. The number of halogens is 3. The molecule has 84 valence electrons. The van der Waals surface area contributed by atoms with Gasteiger partial charge in [0.25, 0.3) is 0 Å². The number of rotatable bonds is 4. The monoisotopic (exact) mass is 238 g/mol. The van der Waals surface area contributed by atoms with Crippen molar-refractivity contribution in [2.24, 2.45) is 0 Å². The molecule has 0 saturated carbocycles. The van der Waals surface area contributed by atoms with Crippen LogP contribution in [0.1, 0.15) is 6.42 Å². The first-order chi connectivity index (χ1) is 6.89. The molecule has 0 aromatic heterocycles. The van der Waals surface area contributed by atoms with Gasteiger partial charge in [-0.2, -0.15) is 13.2 Å². The van der Waals surface area contributed by atoms with E-state index in [2.05, 4.69) is 0 Å².